The molecule has 142 valence electrons. The van der Waals surface area contributed by atoms with Gasteiger partial charge in [-0.1, -0.05) is 0 Å². The molecule has 25 heavy (non-hydrogen) atoms. The number of hydrogen-bond donors (Lipinski definition) is 2. The lowest BCUT2D eigenvalue weighted by Crippen LogP contribution is -2.60. The third-order valence-electron chi connectivity index (χ3n) is 7.28. The highest BCUT2D eigenvalue weighted by Gasteiger charge is 2.51. The second-order valence-electron chi connectivity index (χ2n) is 9.53. The largest absolute Gasteiger partial charge is 0.350 e. The molecule has 6 heteroatoms. The van der Waals surface area contributed by atoms with Gasteiger partial charge in [0, 0.05) is 18.0 Å². The van der Waals surface area contributed by atoms with Crippen molar-refractivity contribution in [2.24, 2.45) is 29.6 Å². The molecule has 0 spiro atoms. The summed E-state index contributed by atoms with van der Waals surface area (Å²) in [5.41, 5.74) is 0.112. The van der Waals surface area contributed by atoms with Crippen LogP contribution in [-0.2, 0) is 14.8 Å². The van der Waals surface area contributed by atoms with E-state index < -0.39 is 10.0 Å². The summed E-state index contributed by atoms with van der Waals surface area (Å²) in [5.74, 6) is 3.33. The molecule has 5 aliphatic rings. The van der Waals surface area contributed by atoms with Gasteiger partial charge in [-0.3, -0.25) is 4.79 Å². The smallest absolute Gasteiger partial charge is 0.223 e. The van der Waals surface area contributed by atoms with Gasteiger partial charge in [0.1, 0.15) is 0 Å². The van der Waals surface area contributed by atoms with Crippen LogP contribution >= 0.6 is 0 Å². The van der Waals surface area contributed by atoms with Crippen LogP contribution in [0.25, 0.3) is 0 Å². The number of nitrogens with one attached hydrogen (secondary N) is 2. The van der Waals surface area contributed by atoms with Gasteiger partial charge >= 0.3 is 0 Å². The number of sulfonamides is 1. The zero-order valence-electron chi connectivity index (χ0n) is 15.3. The van der Waals surface area contributed by atoms with Gasteiger partial charge in [0.25, 0.3) is 0 Å². The molecule has 5 nitrogen and oxygen atoms in total. The molecule has 5 fully saturated rings. The zero-order valence-corrected chi connectivity index (χ0v) is 16.1. The van der Waals surface area contributed by atoms with Crippen LogP contribution in [0.15, 0.2) is 0 Å². The van der Waals surface area contributed by atoms with Crippen molar-refractivity contribution >= 4 is 15.9 Å². The van der Waals surface area contributed by atoms with Gasteiger partial charge in [-0.25, -0.2) is 13.1 Å². The van der Waals surface area contributed by atoms with Crippen molar-refractivity contribution in [3.63, 3.8) is 0 Å². The molecule has 0 unspecified atom stereocenters. The van der Waals surface area contributed by atoms with Gasteiger partial charge in [-0.2, -0.15) is 0 Å². The third kappa shape index (κ3) is 4.05. The van der Waals surface area contributed by atoms with Crippen LogP contribution in [-0.4, -0.2) is 32.7 Å². The molecule has 0 aliphatic heterocycles. The minimum absolute atomic E-state index is 0.112. The van der Waals surface area contributed by atoms with E-state index in [1.54, 1.807) is 0 Å². The van der Waals surface area contributed by atoms with Crippen LogP contribution in [0.5, 0.6) is 0 Å². The molecular formula is C19H32N2O3S. The molecule has 1 amide bonds. The Morgan fingerprint density at radius 1 is 0.960 bits per heavy atom. The van der Waals surface area contributed by atoms with Crippen molar-refractivity contribution in [1.29, 1.82) is 0 Å². The molecule has 5 rings (SSSR count). The minimum Gasteiger partial charge on any atom is -0.350 e. The molecule has 0 radical (unpaired) electrons. The molecule has 0 saturated heterocycles. The maximum atomic E-state index is 12.9. The van der Waals surface area contributed by atoms with E-state index in [0.717, 1.165) is 43.4 Å². The first-order valence-electron chi connectivity index (χ1n) is 10.1. The molecule has 2 N–H and O–H groups in total. The Hall–Kier alpha value is -0.620. The van der Waals surface area contributed by atoms with E-state index in [2.05, 4.69) is 10.0 Å². The Labute approximate surface area is 151 Å². The highest BCUT2D eigenvalue weighted by Crippen LogP contribution is 2.55. The predicted molar refractivity (Wildman–Crippen MR) is 97.3 cm³/mol. The van der Waals surface area contributed by atoms with E-state index >= 15 is 0 Å². The van der Waals surface area contributed by atoms with E-state index in [1.165, 1.54) is 44.8 Å². The summed E-state index contributed by atoms with van der Waals surface area (Å²) in [6.07, 6.45) is 12.7. The van der Waals surface area contributed by atoms with Crippen LogP contribution in [0.2, 0.25) is 0 Å². The third-order valence-corrected chi connectivity index (χ3v) is 7.97. The van der Waals surface area contributed by atoms with Crippen LogP contribution in [0.1, 0.15) is 64.2 Å². The Morgan fingerprint density at radius 2 is 1.48 bits per heavy atom. The minimum atomic E-state index is -3.11. The van der Waals surface area contributed by atoms with Gasteiger partial charge in [0.05, 0.1) is 6.26 Å². The van der Waals surface area contributed by atoms with Crippen molar-refractivity contribution in [1.82, 2.24) is 10.0 Å². The fourth-order valence-corrected chi connectivity index (χ4v) is 7.06. The van der Waals surface area contributed by atoms with Crippen molar-refractivity contribution in [2.45, 2.75) is 69.7 Å². The van der Waals surface area contributed by atoms with Crippen LogP contribution in [0.3, 0.4) is 0 Å². The second-order valence-corrected chi connectivity index (χ2v) is 11.4. The molecule has 5 saturated carbocycles. The predicted octanol–water partition coefficient (Wildman–Crippen LogP) is 2.43. The lowest BCUT2D eigenvalue weighted by molar-refractivity contribution is -0.132. The summed E-state index contributed by atoms with van der Waals surface area (Å²) in [6.45, 7) is 0.516. The number of carbonyl (C=O) groups excluding carboxylic acids is 1. The summed E-state index contributed by atoms with van der Waals surface area (Å²) < 4.78 is 25.1. The van der Waals surface area contributed by atoms with E-state index in [1.807, 2.05) is 0 Å². The summed E-state index contributed by atoms with van der Waals surface area (Å²) >= 11 is 0. The number of amides is 1. The topological polar surface area (TPSA) is 75.3 Å². The Bertz CT molecular complexity index is 587. The first-order chi connectivity index (χ1) is 11.8. The maximum absolute atomic E-state index is 12.9. The van der Waals surface area contributed by atoms with Crippen molar-refractivity contribution in [3.8, 4) is 0 Å². The van der Waals surface area contributed by atoms with Crippen LogP contribution < -0.4 is 10.0 Å². The molecule has 0 atom stereocenters. The van der Waals surface area contributed by atoms with Gasteiger partial charge in [-0.05, 0) is 87.9 Å². The number of hydrogen-bond acceptors (Lipinski definition) is 3. The fraction of sp³-hybridized carbons (Fsp3) is 0.947. The van der Waals surface area contributed by atoms with Crippen molar-refractivity contribution < 1.29 is 13.2 Å². The molecular weight excluding hydrogens is 336 g/mol. The average Bonchev–Trinajstić information content (AvgIpc) is 2.51. The average molecular weight is 369 g/mol. The molecule has 0 aromatic carbocycles. The van der Waals surface area contributed by atoms with E-state index in [0.29, 0.717) is 12.5 Å². The number of rotatable bonds is 5. The molecule has 5 aliphatic carbocycles. The van der Waals surface area contributed by atoms with Crippen molar-refractivity contribution in [2.75, 3.05) is 12.8 Å². The summed E-state index contributed by atoms with van der Waals surface area (Å²) in [5, 5.41) is 3.51. The standard InChI is InChI=1S/C19H32N2O3S/c1-25(23,24)20-12-13-2-4-17(5-3-13)18(22)21-19-9-14-6-15(10-19)8-16(7-14)11-19/h13-17,20H,2-12H2,1H3,(H,21,22). The highest BCUT2D eigenvalue weighted by molar-refractivity contribution is 7.88. The lowest BCUT2D eigenvalue weighted by Gasteiger charge is -2.57. The van der Waals surface area contributed by atoms with Gasteiger partial charge in [0.2, 0.25) is 15.9 Å². The van der Waals surface area contributed by atoms with Crippen LogP contribution in [0, 0.1) is 29.6 Å². The highest BCUT2D eigenvalue weighted by atomic mass is 32.2. The van der Waals surface area contributed by atoms with E-state index in [4.69, 9.17) is 0 Å². The van der Waals surface area contributed by atoms with Crippen LogP contribution in [0.4, 0.5) is 0 Å². The first kappa shape index (κ1) is 17.8. The lowest BCUT2D eigenvalue weighted by atomic mass is 9.53. The monoisotopic (exact) mass is 368 g/mol. The SMILES string of the molecule is CS(=O)(=O)NCC1CCC(C(=O)NC23CC4CC(CC(C4)C2)C3)CC1. The molecule has 0 aromatic rings. The molecule has 0 aromatic heterocycles. The van der Waals surface area contributed by atoms with E-state index in [9.17, 15) is 13.2 Å². The normalized spacial score (nSPS) is 43.2. The molecule has 0 heterocycles. The van der Waals surface area contributed by atoms with Crippen molar-refractivity contribution in [3.05, 3.63) is 0 Å². The van der Waals surface area contributed by atoms with E-state index in [-0.39, 0.29) is 17.4 Å². The van der Waals surface area contributed by atoms with Gasteiger partial charge in [-0.15, -0.1) is 0 Å². The second kappa shape index (κ2) is 6.52. The summed E-state index contributed by atoms with van der Waals surface area (Å²) in [7, 11) is -3.11. The summed E-state index contributed by atoms with van der Waals surface area (Å²) in [4.78, 5) is 12.9. The first-order valence-corrected chi connectivity index (χ1v) is 12.0. The Balaban J connectivity index is 1.28. The maximum Gasteiger partial charge on any atom is 0.223 e. The van der Waals surface area contributed by atoms with Gasteiger partial charge < -0.3 is 5.32 Å². The Morgan fingerprint density at radius 3 is 1.96 bits per heavy atom. The Kier molecular flexibility index (Phi) is 4.64. The summed E-state index contributed by atoms with van der Waals surface area (Å²) in [6, 6.07) is 0. The van der Waals surface area contributed by atoms with Gasteiger partial charge in [0.15, 0.2) is 0 Å². The zero-order chi connectivity index (χ0) is 17.7. The molecule has 4 bridgehead atoms. The quantitative estimate of drug-likeness (QED) is 0.782. The fourth-order valence-electron chi connectivity index (χ4n) is 6.53. The number of carbonyl (C=O) groups is 1.